The molecular weight excluding hydrogens is 290 g/mol. The van der Waals surface area contributed by atoms with Gasteiger partial charge in [-0.3, -0.25) is 0 Å². The minimum Gasteiger partial charge on any atom is -0.450 e. The van der Waals surface area contributed by atoms with Gasteiger partial charge in [0, 0.05) is 29.6 Å². The summed E-state index contributed by atoms with van der Waals surface area (Å²) >= 11 is 0. The van der Waals surface area contributed by atoms with Crippen LogP contribution in [0.1, 0.15) is 18.2 Å². The standard InChI is InChI=1S/C18H21N3O2/c1-4-23-18(22)19-9-10-21-15-8-6-5-7-14(15)16-12(2)11-13(3)20-17(16)21/h5-8,11H,4,9-10H2,1-3H3,(H,19,22). The molecule has 0 aliphatic rings. The Bertz CT molecular complexity index is 867. The van der Waals surface area contributed by atoms with Crippen LogP contribution in [0, 0.1) is 13.8 Å². The van der Waals surface area contributed by atoms with E-state index in [2.05, 4.69) is 35.0 Å². The molecule has 1 N–H and O–H groups in total. The summed E-state index contributed by atoms with van der Waals surface area (Å²) in [6.07, 6.45) is -0.381. The van der Waals surface area contributed by atoms with Crippen molar-refractivity contribution in [3.63, 3.8) is 0 Å². The number of amides is 1. The zero-order chi connectivity index (χ0) is 16.4. The molecule has 5 nitrogen and oxygen atoms in total. The van der Waals surface area contributed by atoms with Crippen molar-refractivity contribution in [2.24, 2.45) is 0 Å². The minimum absolute atomic E-state index is 0.376. The molecule has 2 heterocycles. The Morgan fingerprint density at radius 3 is 2.87 bits per heavy atom. The van der Waals surface area contributed by atoms with Gasteiger partial charge >= 0.3 is 6.09 Å². The lowest BCUT2D eigenvalue weighted by Gasteiger charge is -2.09. The third-order valence-corrected chi connectivity index (χ3v) is 3.93. The molecular formula is C18H21N3O2. The van der Waals surface area contributed by atoms with Crippen molar-refractivity contribution in [1.29, 1.82) is 0 Å². The maximum absolute atomic E-state index is 11.4. The quantitative estimate of drug-likeness (QED) is 0.801. The van der Waals surface area contributed by atoms with E-state index in [1.807, 2.05) is 19.1 Å². The largest absolute Gasteiger partial charge is 0.450 e. The topological polar surface area (TPSA) is 56.1 Å². The summed E-state index contributed by atoms with van der Waals surface area (Å²) < 4.78 is 7.06. The molecule has 3 aromatic rings. The van der Waals surface area contributed by atoms with E-state index in [0.29, 0.717) is 19.7 Å². The molecule has 120 valence electrons. The van der Waals surface area contributed by atoms with Crippen LogP contribution >= 0.6 is 0 Å². The predicted molar refractivity (Wildman–Crippen MR) is 91.7 cm³/mol. The first-order valence-corrected chi connectivity index (χ1v) is 7.87. The molecule has 0 aliphatic heterocycles. The number of fused-ring (bicyclic) bond motifs is 3. The summed E-state index contributed by atoms with van der Waals surface area (Å²) in [4.78, 5) is 16.2. The molecule has 0 atom stereocenters. The summed E-state index contributed by atoms with van der Waals surface area (Å²) in [5.41, 5.74) is 4.32. The smallest absolute Gasteiger partial charge is 0.407 e. The molecule has 0 saturated carbocycles. The highest BCUT2D eigenvalue weighted by atomic mass is 16.5. The van der Waals surface area contributed by atoms with Crippen LogP contribution in [0.3, 0.4) is 0 Å². The van der Waals surface area contributed by atoms with E-state index in [0.717, 1.165) is 16.9 Å². The molecule has 5 heteroatoms. The van der Waals surface area contributed by atoms with E-state index in [1.54, 1.807) is 6.92 Å². The average Bonchev–Trinajstić information content (AvgIpc) is 2.82. The number of carbonyl (C=O) groups is 1. The number of pyridine rings is 1. The van der Waals surface area contributed by atoms with Gasteiger partial charge in [0.15, 0.2) is 0 Å². The summed E-state index contributed by atoms with van der Waals surface area (Å²) in [6, 6.07) is 10.4. The normalized spacial score (nSPS) is 11.1. The van der Waals surface area contributed by atoms with Gasteiger partial charge in [-0.1, -0.05) is 18.2 Å². The van der Waals surface area contributed by atoms with Crippen molar-refractivity contribution >= 4 is 28.0 Å². The molecule has 0 aliphatic carbocycles. The van der Waals surface area contributed by atoms with E-state index in [-0.39, 0.29) is 6.09 Å². The number of nitrogens with one attached hydrogen (secondary N) is 1. The molecule has 1 aromatic carbocycles. The molecule has 0 bridgehead atoms. The first-order chi connectivity index (χ1) is 11.1. The first-order valence-electron chi connectivity index (χ1n) is 7.87. The molecule has 1 amide bonds. The van der Waals surface area contributed by atoms with E-state index in [1.165, 1.54) is 16.3 Å². The summed E-state index contributed by atoms with van der Waals surface area (Å²) in [6.45, 7) is 7.44. The molecule has 0 saturated heterocycles. The van der Waals surface area contributed by atoms with Gasteiger partial charge in [0.05, 0.1) is 12.1 Å². The Hall–Kier alpha value is -2.56. The Morgan fingerprint density at radius 1 is 1.30 bits per heavy atom. The Kier molecular flexibility index (Phi) is 4.19. The number of aromatic nitrogens is 2. The summed E-state index contributed by atoms with van der Waals surface area (Å²) in [5.74, 6) is 0. The van der Waals surface area contributed by atoms with Gasteiger partial charge in [0.2, 0.25) is 0 Å². The average molecular weight is 311 g/mol. The number of alkyl carbamates (subject to hydrolysis) is 1. The van der Waals surface area contributed by atoms with Gasteiger partial charge in [0.25, 0.3) is 0 Å². The lowest BCUT2D eigenvalue weighted by atomic mass is 10.1. The number of rotatable bonds is 4. The van der Waals surface area contributed by atoms with Gasteiger partial charge < -0.3 is 14.6 Å². The number of nitrogens with zero attached hydrogens (tertiary/aromatic N) is 2. The lowest BCUT2D eigenvalue weighted by Crippen LogP contribution is -2.27. The van der Waals surface area contributed by atoms with Gasteiger partial charge in [0.1, 0.15) is 5.65 Å². The number of hydrogen-bond acceptors (Lipinski definition) is 3. The lowest BCUT2D eigenvalue weighted by molar-refractivity contribution is 0.152. The first kappa shape index (κ1) is 15.3. The molecule has 23 heavy (non-hydrogen) atoms. The summed E-state index contributed by atoms with van der Waals surface area (Å²) in [5, 5.41) is 5.15. The van der Waals surface area contributed by atoms with Crippen LogP contribution in [-0.4, -0.2) is 28.8 Å². The second-order valence-electron chi connectivity index (χ2n) is 5.60. The Labute approximate surface area is 135 Å². The third kappa shape index (κ3) is 2.86. The van der Waals surface area contributed by atoms with Gasteiger partial charge in [-0.25, -0.2) is 9.78 Å². The molecule has 0 unspecified atom stereocenters. The maximum atomic E-state index is 11.4. The van der Waals surface area contributed by atoms with E-state index in [4.69, 9.17) is 9.72 Å². The fourth-order valence-electron chi connectivity index (χ4n) is 3.06. The van der Waals surface area contributed by atoms with Crippen molar-refractivity contribution in [3.8, 4) is 0 Å². The zero-order valence-corrected chi connectivity index (χ0v) is 13.7. The van der Waals surface area contributed by atoms with E-state index < -0.39 is 0 Å². The van der Waals surface area contributed by atoms with Crippen LogP contribution in [0.4, 0.5) is 4.79 Å². The van der Waals surface area contributed by atoms with Gasteiger partial charge in [-0.15, -0.1) is 0 Å². The van der Waals surface area contributed by atoms with E-state index in [9.17, 15) is 4.79 Å². The summed E-state index contributed by atoms with van der Waals surface area (Å²) in [7, 11) is 0. The second-order valence-corrected chi connectivity index (χ2v) is 5.60. The fraction of sp³-hybridized carbons (Fsp3) is 0.333. The highest BCUT2D eigenvalue weighted by Gasteiger charge is 2.14. The second kappa shape index (κ2) is 6.28. The van der Waals surface area contributed by atoms with Crippen molar-refractivity contribution in [2.45, 2.75) is 27.3 Å². The SMILES string of the molecule is CCOC(=O)NCCn1c2ccccc2c2c(C)cc(C)nc21. The number of para-hydroxylation sites is 1. The highest BCUT2D eigenvalue weighted by molar-refractivity contribution is 6.08. The van der Waals surface area contributed by atoms with Crippen molar-refractivity contribution in [2.75, 3.05) is 13.2 Å². The highest BCUT2D eigenvalue weighted by Crippen LogP contribution is 2.30. The maximum Gasteiger partial charge on any atom is 0.407 e. The van der Waals surface area contributed by atoms with Gasteiger partial charge in [-0.2, -0.15) is 0 Å². The molecule has 3 rings (SSSR count). The van der Waals surface area contributed by atoms with Crippen molar-refractivity contribution in [3.05, 3.63) is 41.6 Å². The number of hydrogen-bond donors (Lipinski definition) is 1. The van der Waals surface area contributed by atoms with Gasteiger partial charge in [-0.05, 0) is 38.5 Å². The Morgan fingerprint density at radius 2 is 2.09 bits per heavy atom. The molecule has 0 spiro atoms. The number of carbonyl (C=O) groups excluding carboxylic acids is 1. The zero-order valence-electron chi connectivity index (χ0n) is 13.7. The molecule has 2 aromatic heterocycles. The number of aryl methyl sites for hydroxylation is 2. The molecule has 0 radical (unpaired) electrons. The van der Waals surface area contributed by atoms with E-state index >= 15 is 0 Å². The molecule has 0 fully saturated rings. The van der Waals surface area contributed by atoms with Crippen molar-refractivity contribution < 1.29 is 9.53 Å². The van der Waals surface area contributed by atoms with Crippen LogP contribution in [0.15, 0.2) is 30.3 Å². The van der Waals surface area contributed by atoms with Crippen LogP contribution in [0.5, 0.6) is 0 Å². The van der Waals surface area contributed by atoms with Crippen LogP contribution in [-0.2, 0) is 11.3 Å². The third-order valence-electron chi connectivity index (χ3n) is 3.93. The Balaban J connectivity index is 2.02. The monoisotopic (exact) mass is 311 g/mol. The van der Waals surface area contributed by atoms with Crippen LogP contribution in [0.25, 0.3) is 21.9 Å². The fourth-order valence-corrected chi connectivity index (χ4v) is 3.06. The number of ether oxygens (including phenoxy) is 1. The van der Waals surface area contributed by atoms with Crippen LogP contribution < -0.4 is 5.32 Å². The van der Waals surface area contributed by atoms with Crippen LogP contribution in [0.2, 0.25) is 0 Å². The predicted octanol–water partition coefficient (Wildman–Crippen LogP) is 3.55. The number of benzene rings is 1. The minimum atomic E-state index is -0.381. The van der Waals surface area contributed by atoms with Crippen molar-refractivity contribution in [1.82, 2.24) is 14.9 Å².